The van der Waals surface area contributed by atoms with E-state index in [1.165, 1.54) is 108 Å². The van der Waals surface area contributed by atoms with Crippen molar-refractivity contribution in [3.05, 3.63) is 35.4 Å². The molecule has 2 fully saturated rings. The molecule has 0 bridgehead atoms. The molecule has 0 N–H and O–H groups in total. The van der Waals surface area contributed by atoms with Crippen LogP contribution in [0.5, 0.6) is 0 Å². The van der Waals surface area contributed by atoms with Gasteiger partial charge in [-0.2, -0.15) is 0 Å². The minimum Gasteiger partial charge on any atom is -0.0654 e. The Labute approximate surface area is 175 Å². The smallest absolute Gasteiger partial charge is 0.0162 e. The zero-order valence-electron chi connectivity index (χ0n) is 18.9. The normalized spacial score (nSPS) is 28.4. The van der Waals surface area contributed by atoms with Crippen molar-refractivity contribution < 1.29 is 0 Å². The van der Waals surface area contributed by atoms with E-state index in [1.54, 1.807) is 5.56 Å². The number of hydrogen-bond acceptors (Lipinski definition) is 0. The average molecular weight is 383 g/mol. The van der Waals surface area contributed by atoms with Gasteiger partial charge < -0.3 is 0 Å². The predicted molar refractivity (Wildman–Crippen MR) is 124 cm³/mol. The Kier molecular flexibility index (Phi) is 9.42. The Morgan fingerprint density at radius 1 is 0.607 bits per heavy atom. The van der Waals surface area contributed by atoms with Gasteiger partial charge in [0.2, 0.25) is 0 Å². The fraction of sp³-hybridized carbons (Fsp3) is 0.786. The van der Waals surface area contributed by atoms with E-state index in [4.69, 9.17) is 0 Å². The molecular formula is C28H46. The van der Waals surface area contributed by atoms with Crippen LogP contribution in [0.15, 0.2) is 24.3 Å². The topological polar surface area (TPSA) is 0 Å². The van der Waals surface area contributed by atoms with E-state index in [2.05, 4.69) is 38.1 Å². The van der Waals surface area contributed by atoms with Gasteiger partial charge in [0, 0.05) is 0 Å². The molecule has 0 aromatic heterocycles. The Morgan fingerprint density at radius 2 is 1.14 bits per heavy atom. The summed E-state index contributed by atoms with van der Waals surface area (Å²) in [4.78, 5) is 0. The molecule has 2 saturated carbocycles. The maximum absolute atomic E-state index is 2.43. The summed E-state index contributed by atoms with van der Waals surface area (Å²) in [7, 11) is 0. The fourth-order valence-corrected chi connectivity index (χ4v) is 5.99. The van der Waals surface area contributed by atoms with Gasteiger partial charge in [0.25, 0.3) is 0 Å². The van der Waals surface area contributed by atoms with Crippen molar-refractivity contribution in [2.75, 3.05) is 0 Å². The van der Waals surface area contributed by atoms with Gasteiger partial charge in [-0.3, -0.25) is 0 Å². The molecule has 0 unspecified atom stereocenters. The molecule has 2 aliphatic carbocycles. The second-order valence-corrected chi connectivity index (χ2v) is 10.2. The van der Waals surface area contributed by atoms with Crippen molar-refractivity contribution in [2.24, 2.45) is 17.8 Å². The van der Waals surface area contributed by atoms with Crippen LogP contribution in [0.1, 0.15) is 127 Å². The van der Waals surface area contributed by atoms with Crippen LogP contribution in [-0.2, 0) is 6.42 Å². The molecule has 1 aromatic rings. The van der Waals surface area contributed by atoms with Gasteiger partial charge in [-0.1, -0.05) is 109 Å². The minimum absolute atomic E-state index is 0.838. The van der Waals surface area contributed by atoms with Crippen molar-refractivity contribution in [3.63, 3.8) is 0 Å². The highest BCUT2D eigenvalue weighted by atomic mass is 14.3. The molecule has 2 aliphatic rings. The first-order valence-corrected chi connectivity index (χ1v) is 12.9. The zero-order chi connectivity index (χ0) is 19.6. The summed E-state index contributed by atoms with van der Waals surface area (Å²) < 4.78 is 0. The largest absolute Gasteiger partial charge is 0.0654 e. The van der Waals surface area contributed by atoms with Crippen LogP contribution < -0.4 is 0 Å². The van der Waals surface area contributed by atoms with Gasteiger partial charge in [0.05, 0.1) is 0 Å². The summed E-state index contributed by atoms with van der Waals surface area (Å²) in [6.07, 6.45) is 23.3. The molecule has 28 heavy (non-hydrogen) atoms. The van der Waals surface area contributed by atoms with Gasteiger partial charge in [0.15, 0.2) is 0 Å². The molecule has 0 saturated heterocycles. The first kappa shape index (κ1) is 21.9. The Balaban J connectivity index is 1.31. The second-order valence-electron chi connectivity index (χ2n) is 10.2. The molecule has 0 aliphatic heterocycles. The highest BCUT2D eigenvalue weighted by molar-refractivity contribution is 5.25. The zero-order valence-corrected chi connectivity index (χ0v) is 18.9. The number of unbranched alkanes of at least 4 members (excludes halogenated alkanes) is 2. The number of aryl methyl sites for hydroxylation is 1. The third-order valence-corrected chi connectivity index (χ3v) is 8.00. The number of rotatable bonds is 10. The van der Waals surface area contributed by atoms with E-state index in [1.807, 2.05) is 0 Å². The van der Waals surface area contributed by atoms with Gasteiger partial charge in [0.1, 0.15) is 0 Å². The van der Waals surface area contributed by atoms with Crippen LogP contribution in [-0.4, -0.2) is 0 Å². The minimum atomic E-state index is 0.838. The molecule has 158 valence electrons. The molecule has 0 radical (unpaired) electrons. The lowest BCUT2D eigenvalue weighted by atomic mass is 9.74. The average Bonchev–Trinajstić information content (AvgIpc) is 2.75. The number of hydrogen-bond donors (Lipinski definition) is 0. The van der Waals surface area contributed by atoms with Crippen LogP contribution in [0.25, 0.3) is 0 Å². The summed E-state index contributed by atoms with van der Waals surface area (Å²) in [5.74, 6) is 4.00. The first-order chi connectivity index (χ1) is 13.8. The number of benzene rings is 1. The van der Waals surface area contributed by atoms with E-state index in [-0.39, 0.29) is 0 Å². The molecular weight excluding hydrogens is 336 g/mol. The monoisotopic (exact) mass is 382 g/mol. The summed E-state index contributed by atoms with van der Waals surface area (Å²) in [6, 6.07) is 9.61. The van der Waals surface area contributed by atoms with Crippen molar-refractivity contribution in [2.45, 2.75) is 122 Å². The van der Waals surface area contributed by atoms with Crippen molar-refractivity contribution in [1.29, 1.82) is 0 Å². The summed E-state index contributed by atoms with van der Waals surface area (Å²) in [5.41, 5.74) is 3.12. The van der Waals surface area contributed by atoms with Crippen molar-refractivity contribution in [1.82, 2.24) is 0 Å². The Hall–Kier alpha value is -0.780. The third-order valence-electron chi connectivity index (χ3n) is 8.00. The van der Waals surface area contributed by atoms with E-state index in [0.29, 0.717) is 0 Å². The quantitative estimate of drug-likeness (QED) is 0.354. The second kappa shape index (κ2) is 12.0. The lowest BCUT2D eigenvalue weighted by molar-refractivity contribution is 0.222. The third kappa shape index (κ3) is 6.93. The standard InChI is InChI=1S/C28H46/c1-3-5-6-8-24-9-11-25(12-10-24)13-14-26-17-21-28(22-18-26)27-19-15-23(7-4-2)16-20-27/h15-16,19-20,24-26,28H,3-14,17-18,21-22H2,1-2H3. The van der Waals surface area contributed by atoms with Crippen molar-refractivity contribution in [3.8, 4) is 0 Å². The fourth-order valence-electron chi connectivity index (χ4n) is 5.99. The summed E-state index contributed by atoms with van der Waals surface area (Å²) in [6.45, 7) is 4.60. The van der Waals surface area contributed by atoms with E-state index < -0.39 is 0 Å². The Bertz CT molecular complexity index is 511. The maximum atomic E-state index is 2.43. The van der Waals surface area contributed by atoms with E-state index in [0.717, 1.165) is 23.7 Å². The van der Waals surface area contributed by atoms with Crippen LogP contribution in [0, 0.1) is 17.8 Å². The van der Waals surface area contributed by atoms with Crippen molar-refractivity contribution >= 4 is 0 Å². The predicted octanol–water partition coefficient (Wildman–Crippen LogP) is 9.08. The highest BCUT2D eigenvalue weighted by Gasteiger charge is 2.25. The van der Waals surface area contributed by atoms with Crippen LogP contribution >= 0.6 is 0 Å². The van der Waals surface area contributed by atoms with Crippen LogP contribution in [0.4, 0.5) is 0 Å². The van der Waals surface area contributed by atoms with Crippen LogP contribution in [0.2, 0.25) is 0 Å². The van der Waals surface area contributed by atoms with Gasteiger partial charge in [-0.25, -0.2) is 0 Å². The molecule has 0 atom stereocenters. The molecule has 0 nitrogen and oxygen atoms in total. The van der Waals surface area contributed by atoms with Gasteiger partial charge >= 0.3 is 0 Å². The van der Waals surface area contributed by atoms with E-state index >= 15 is 0 Å². The molecule has 0 amide bonds. The summed E-state index contributed by atoms with van der Waals surface area (Å²) in [5, 5.41) is 0. The van der Waals surface area contributed by atoms with Crippen LogP contribution in [0.3, 0.4) is 0 Å². The van der Waals surface area contributed by atoms with Gasteiger partial charge in [-0.15, -0.1) is 0 Å². The SMILES string of the molecule is CCCCCC1CCC(CCC2CCC(c3ccc(CCC)cc3)CC2)CC1. The molecule has 0 heterocycles. The lowest BCUT2D eigenvalue weighted by Gasteiger charge is -2.32. The maximum Gasteiger partial charge on any atom is -0.0162 e. The summed E-state index contributed by atoms with van der Waals surface area (Å²) >= 11 is 0. The highest BCUT2D eigenvalue weighted by Crippen LogP contribution is 2.40. The first-order valence-electron chi connectivity index (χ1n) is 12.9. The molecule has 3 rings (SSSR count). The molecule has 0 spiro atoms. The molecule has 1 aromatic carbocycles. The van der Waals surface area contributed by atoms with E-state index in [9.17, 15) is 0 Å². The molecule has 0 heteroatoms. The van der Waals surface area contributed by atoms with Gasteiger partial charge in [-0.05, 0) is 66.9 Å². The lowest BCUT2D eigenvalue weighted by Crippen LogP contribution is -2.17. The Morgan fingerprint density at radius 3 is 1.68 bits per heavy atom.